The number of esters is 1. The van der Waals surface area contributed by atoms with Crippen molar-refractivity contribution in [3.8, 4) is 0 Å². The molecule has 3 atom stereocenters. The summed E-state index contributed by atoms with van der Waals surface area (Å²) in [4.78, 5) is 33.6. The molecule has 0 saturated heterocycles. The van der Waals surface area contributed by atoms with Crippen molar-refractivity contribution in [2.75, 3.05) is 26.4 Å². The highest BCUT2D eigenvalue weighted by Crippen LogP contribution is 2.43. The van der Waals surface area contributed by atoms with E-state index in [9.17, 15) is 19.0 Å². The van der Waals surface area contributed by atoms with Crippen molar-refractivity contribution in [3.05, 3.63) is 0 Å². The second-order valence-corrected chi connectivity index (χ2v) is 18.1. The van der Waals surface area contributed by atoms with E-state index in [-0.39, 0.29) is 13.0 Å². The van der Waals surface area contributed by atoms with Gasteiger partial charge >= 0.3 is 19.8 Å². The van der Waals surface area contributed by atoms with Crippen molar-refractivity contribution in [2.24, 2.45) is 5.73 Å². The van der Waals surface area contributed by atoms with Gasteiger partial charge in [0.25, 0.3) is 0 Å². The van der Waals surface area contributed by atoms with Crippen LogP contribution in [0.3, 0.4) is 0 Å². The number of aliphatic carboxylic acids is 1. The number of nitrogens with two attached hydrogens (primary N) is 1. The molecule has 0 spiro atoms. The first kappa shape index (κ1) is 56.0. The van der Waals surface area contributed by atoms with E-state index in [1.165, 1.54) is 186 Å². The lowest BCUT2D eigenvalue weighted by Gasteiger charge is -2.20. The molecule has 0 aliphatic carbocycles. The third-order valence-electron chi connectivity index (χ3n) is 10.9. The molecule has 0 aromatic heterocycles. The quantitative estimate of drug-likeness (QED) is 0.0306. The van der Waals surface area contributed by atoms with Gasteiger partial charge in [0.05, 0.1) is 19.8 Å². The van der Waals surface area contributed by atoms with Gasteiger partial charge in [-0.05, 0) is 12.8 Å². The van der Waals surface area contributed by atoms with E-state index in [2.05, 4.69) is 13.8 Å². The minimum absolute atomic E-state index is 0.0260. The molecule has 0 radical (unpaired) electrons. The third kappa shape index (κ3) is 42.9. The Morgan fingerprint density at radius 3 is 1.16 bits per heavy atom. The Labute approximate surface area is 350 Å². The zero-order valence-electron chi connectivity index (χ0n) is 37.2. The molecule has 0 rings (SSSR count). The molecule has 0 aliphatic heterocycles. The molecule has 10 nitrogen and oxygen atoms in total. The molecular weight excluding hydrogens is 741 g/mol. The van der Waals surface area contributed by atoms with Crippen LogP contribution in [0.4, 0.5) is 0 Å². The summed E-state index contributed by atoms with van der Waals surface area (Å²) >= 11 is 0. The number of unbranched alkanes of at least 4 members (excludes halogenated alkanes) is 33. The highest BCUT2D eigenvalue weighted by molar-refractivity contribution is 7.47. The number of hydrogen-bond donors (Lipinski definition) is 3. The van der Waals surface area contributed by atoms with Crippen molar-refractivity contribution in [1.29, 1.82) is 0 Å². The summed E-state index contributed by atoms with van der Waals surface area (Å²) in [6.07, 6.45) is 44.4. The number of phosphoric acid groups is 1. The Bertz CT molecular complexity index is 924. The molecule has 0 fully saturated rings. The maximum Gasteiger partial charge on any atom is 0.472 e. The predicted molar refractivity (Wildman–Crippen MR) is 236 cm³/mol. The number of phosphoric ester groups is 1. The Balaban J connectivity index is 4.11. The second kappa shape index (κ2) is 43.1. The fourth-order valence-corrected chi connectivity index (χ4v) is 7.91. The molecule has 0 aliphatic rings. The van der Waals surface area contributed by atoms with Gasteiger partial charge in [0.15, 0.2) is 0 Å². The zero-order valence-corrected chi connectivity index (χ0v) is 38.1. The van der Waals surface area contributed by atoms with Crippen molar-refractivity contribution in [3.63, 3.8) is 0 Å². The van der Waals surface area contributed by atoms with Crippen LogP contribution in [0.5, 0.6) is 0 Å². The van der Waals surface area contributed by atoms with Crippen LogP contribution in [0.1, 0.15) is 245 Å². The van der Waals surface area contributed by atoms with Gasteiger partial charge in [0, 0.05) is 13.0 Å². The van der Waals surface area contributed by atoms with Gasteiger partial charge in [-0.15, -0.1) is 0 Å². The fourth-order valence-electron chi connectivity index (χ4n) is 7.14. The van der Waals surface area contributed by atoms with E-state index in [0.717, 1.165) is 38.5 Å². The number of carbonyl (C=O) groups excluding carboxylic acids is 1. The minimum Gasteiger partial charge on any atom is -0.480 e. The molecule has 340 valence electrons. The maximum atomic E-state index is 12.7. The molecule has 4 N–H and O–H groups in total. The molecule has 0 aromatic rings. The SMILES string of the molecule is CCCCCCCCCCCCCCCCCCCCCCC(=O)OC(COCCCCCCCCCCCCCCCCC)COP(=O)(O)OCC(N)C(=O)O. The van der Waals surface area contributed by atoms with Crippen LogP contribution in [-0.2, 0) is 32.7 Å². The number of carboxylic acids is 1. The van der Waals surface area contributed by atoms with E-state index >= 15 is 0 Å². The largest absolute Gasteiger partial charge is 0.480 e. The number of rotatable bonds is 47. The number of ether oxygens (including phenoxy) is 2. The van der Waals surface area contributed by atoms with Crippen LogP contribution in [0.15, 0.2) is 0 Å². The second-order valence-electron chi connectivity index (χ2n) is 16.6. The van der Waals surface area contributed by atoms with Crippen LogP contribution >= 0.6 is 7.82 Å². The average Bonchev–Trinajstić information content (AvgIpc) is 3.19. The van der Waals surface area contributed by atoms with Crippen molar-refractivity contribution in [1.82, 2.24) is 0 Å². The molecule has 0 saturated carbocycles. The summed E-state index contributed by atoms with van der Waals surface area (Å²) in [6.45, 7) is 3.95. The summed E-state index contributed by atoms with van der Waals surface area (Å²) in [7, 11) is -4.61. The summed E-state index contributed by atoms with van der Waals surface area (Å²) in [5.74, 6) is -1.76. The molecular formula is C46H92NO9P. The van der Waals surface area contributed by atoms with Crippen LogP contribution in [-0.4, -0.2) is 60.5 Å². The fraction of sp³-hybridized carbons (Fsp3) is 0.957. The molecule has 57 heavy (non-hydrogen) atoms. The molecule has 0 aromatic carbocycles. The number of carbonyl (C=O) groups is 2. The smallest absolute Gasteiger partial charge is 0.472 e. The van der Waals surface area contributed by atoms with Gasteiger partial charge in [-0.25, -0.2) is 4.57 Å². The Kier molecular flexibility index (Phi) is 42.3. The Hall–Kier alpha value is -1.03. The van der Waals surface area contributed by atoms with Crippen molar-refractivity contribution >= 4 is 19.8 Å². The minimum atomic E-state index is -4.61. The summed E-state index contributed by atoms with van der Waals surface area (Å²) in [5, 5.41) is 8.91. The van der Waals surface area contributed by atoms with Crippen LogP contribution in [0, 0.1) is 0 Å². The van der Waals surface area contributed by atoms with Gasteiger partial charge < -0.3 is 25.2 Å². The average molecular weight is 834 g/mol. The van der Waals surface area contributed by atoms with E-state index in [4.69, 9.17) is 29.4 Å². The monoisotopic (exact) mass is 834 g/mol. The van der Waals surface area contributed by atoms with Crippen LogP contribution in [0.25, 0.3) is 0 Å². The van der Waals surface area contributed by atoms with Gasteiger partial charge in [0.1, 0.15) is 12.1 Å². The van der Waals surface area contributed by atoms with E-state index in [1.54, 1.807) is 0 Å². The summed E-state index contributed by atoms with van der Waals surface area (Å²) in [6, 6.07) is -1.47. The summed E-state index contributed by atoms with van der Waals surface area (Å²) in [5.41, 5.74) is 5.37. The van der Waals surface area contributed by atoms with Gasteiger partial charge in [-0.2, -0.15) is 0 Å². The van der Waals surface area contributed by atoms with Crippen molar-refractivity contribution in [2.45, 2.75) is 257 Å². The highest BCUT2D eigenvalue weighted by Gasteiger charge is 2.27. The van der Waals surface area contributed by atoms with E-state index in [1.807, 2.05) is 0 Å². The van der Waals surface area contributed by atoms with Gasteiger partial charge in [-0.3, -0.25) is 18.6 Å². The van der Waals surface area contributed by atoms with Crippen LogP contribution < -0.4 is 5.73 Å². The third-order valence-corrected chi connectivity index (χ3v) is 11.8. The zero-order chi connectivity index (χ0) is 41.9. The Morgan fingerprint density at radius 2 is 0.807 bits per heavy atom. The van der Waals surface area contributed by atoms with Crippen LogP contribution in [0.2, 0.25) is 0 Å². The molecule has 0 heterocycles. The molecule has 3 unspecified atom stereocenters. The standard InChI is InChI=1S/C46H92NO9P/c1-3-5-7-9-11-13-15-17-19-20-21-22-23-24-26-28-30-32-34-36-38-45(48)56-43(41-54-57(51,52)55-42-44(47)46(49)50)40-53-39-37-35-33-31-29-27-25-18-16-14-12-10-8-6-4-2/h43-44H,3-42,47H2,1-2H3,(H,49,50)(H,51,52). The normalized spacial score (nSPS) is 13.8. The first-order valence-electron chi connectivity index (χ1n) is 24.1. The first-order chi connectivity index (χ1) is 27.7. The van der Waals surface area contributed by atoms with Crippen molar-refractivity contribution < 1.29 is 42.7 Å². The number of carboxylic acid groups (broad SMARTS) is 1. The molecule has 11 heteroatoms. The maximum absolute atomic E-state index is 12.7. The predicted octanol–water partition coefficient (Wildman–Crippen LogP) is 13.5. The lowest BCUT2D eigenvalue weighted by Crippen LogP contribution is -2.34. The van der Waals surface area contributed by atoms with Gasteiger partial charge in [-0.1, -0.05) is 226 Å². The van der Waals surface area contributed by atoms with Gasteiger partial charge in [0.2, 0.25) is 0 Å². The molecule has 0 bridgehead atoms. The summed E-state index contributed by atoms with van der Waals surface area (Å²) < 4.78 is 33.4. The van der Waals surface area contributed by atoms with E-state index in [0.29, 0.717) is 6.61 Å². The Morgan fingerprint density at radius 1 is 0.491 bits per heavy atom. The molecule has 0 amide bonds. The lowest BCUT2D eigenvalue weighted by atomic mass is 10.0. The topological polar surface area (TPSA) is 155 Å². The lowest BCUT2D eigenvalue weighted by molar-refractivity contribution is -0.154. The highest BCUT2D eigenvalue weighted by atomic mass is 31.2. The number of hydrogen-bond acceptors (Lipinski definition) is 8. The first-order valence-corrected chi connectivity index (χ1v) is 25.6. The van der Waals surface area contributed by atoms with E-state index < -0.39 is 45.1 Å².